The van der Waals surface area contributed by atoms with Crippen molar-refractivity contribution in [2.45, 2.75) is 6.61 Å². The molecule has 0 amide bonds. The summed E-state index contributed by atoms with van der Waals surface area (Å²) in [6.45, 7) is 0.671. The first-order chi connectivity index (χ1) is 7.81. The second-order valence-corrected chi connectivity index (χ2v) is 3.69. The molecule has 0 fully saturated rings. The molecule has 1 aromatic heterocycles. The van der Waals surface area contributed by atoms with E-state index < -0.39 is 0 Å². The van der Waals surface area contributed by atoms with Gasteiger partial charge in [-0.2, -0.15) is 0 Å². The Balaban J connectivity index is 2.32. The van der Waals surface area contributed by atoms with Crippen LogP contribution in [-0.4, -0.2) is 11.6 Å². The molecule has 0 aliphatic carbocycles. The molecule has 0 saturated heterocycles. The zero-order valence-electron chi connectivity index (χ0n) is 8.61. The number of ether oxygens (including phenoxy) is 1. The predicted octanol–water partition coefficient (Wildman–Crippen LogP) is 3.04. The van der Waals surface area contributed by atoms with Crippen LogP contribution in [0.15, 0.2) is 30.3 Å². The average Bonchev–Trinajstić information content (AvgIpc) is 2.30. The molecule has 2 rings (SSSR count). The molecule has 0 bridgehead atoms. The molecule has 2 nitrogen and oxygen atoms in total. The summed E-state index contributed by atoms with van der Waals surface area (Å²) in [4.78, 5) is 4.29. The van der Waals surface area contributed by atoms with Gasteiger partial charge in [-0.3, -0.25) is 0 Å². The highest BCUT2D eigenvalue weighted by atomic mass is 35.5. The molecule has 1 heterocycles. The van der Waals surface area contributed by atoms with E-state index in [4.69, 9.17) is 22.8 Å². The maximum atomic E-state index is 6.04. The largest absolute Gasteiger partial charge is 0.364 e. The number of halogens is 1. The number of hydrogen-bond donors (Lipinski definition) is 0. The maximum Gasteiger partial charge on any atom is 0.135 e. The van der Waals surface area contributed by atoms with Crippen molar-refractivity contribution in [2.24, 2.45) is 0 Å². The van der Waals surface area contributed by atoms with Crippen molar-refractivity contribution in [3.8, 4) is 12.3 Å². The van der Waals surface area contributed by atoms with Crippen LogP contribution >= 0.6 is 11.6 Å². The van der Waals surface area contributed by atoms with E-state index in [1.165, 1.54) is 0 Å². The number of hydrogen-bond acceptors (Lipinski definition) is 2. The van der Waals surface area contributed by atoms with Crippen LogP contribution < -0.4 is 0 Å². The van der Waals surface area contributed by atoms with Gasteiger partial charge >= 0.3 is 0 Å². The van der Waals surface area contributed by atoms with Crippen LogP contribution in [0.4, 0.5) is 0 Å². The van der Waals surface area contributed by atoms with Gasteiger partial charge in [0.15, 0.2) is 0 Å². The Hall–Kier alpha value is -1.56. The molecule has 0 atom stereocenters. The van der Waals surface area contributed by atoms with E-state index in [0.717, 1.165) is 16.5 Å². The van der Waals surface area contributed by atoms with Crippen molar-refractivity contribution >= 4 is 22.5 Å². The normalized spacial score (nSPS) is 10.2. The predicted molar refractivity (Wildman–Crippen MR) is 65.2 cm³/mol. The first-order valence-electron chi connectivity index (χ1n) is 4.86. The van der Waals surface area contributed by atoms with E-state index >= 15 is 0 Å². The summed E-state index contributed by atoms with van der Waals surface area (Å²) in [5.74, 6) is 2.41. The third-order valence-electron chi connectivity index (χ3n) is 2.19. The van der Waals surface area contributed by atoms with Crippen LogP contribution in [0.2, 0.25) is 5.15 Å². The van der Waals surface area contributed by atoms with Gasteiger partial charge in [0, 0.05) is 10.9 Å². The lowest BCUT2D eigenvalue weighted by atomic mass is 10.2. The highest BCUT2D eigenvalue weighted by molar-refractivity contribution is 6.30. The summed E-state index contributed by atoms with van der Waals surface area (Å²) in [6.07, 6.45) is 5.10. The molecule has 0 unspecified atom stereocenters. The Morgan fingerprint density at radius 3 is 3.00 bits per heavy atom. The summed E-state index contributed by atoms with van der Waals surface area (Å²) >= 11 is 6.04. The molecule has 0 radical (unpaired) electrons. The first kappa shape index (κ1) is 10.9. The van der Waals surface area contributed by atoms with Crippen LogP contribution in [0.3, 0.4) is 0 Å². The second kappa shape index (κ2) is 4.98. The van der Waals surface area contributed by atoms with E-state index in [-0.39, 0.29) is 6.61 Å². The molecule has 0 saturated carbocycles. The van der Waals surface area contributed by atoms with Crippen molar-refractivity contribution in [3.63, 3.8) is 0 Å². The second-order valence-electron chi connectivity index (χ2n) is 3.33. The lowest BCUT2D eigenvalue weighted by Gasteiger charge is -2.05. The molecule has 16 heavy (non-hydrogen) atoms. The Labute approximate surface area is 99.2 Å². The number of fused-ring (bicyclic) bond motifs is 1. The lowest BCUT2D eigenvalue weighted by Crippen LogP contribution is -1.95. The van der Waals surface area contributed by atoms with Crippen molar-refractivity contribution in [1.82, 2.24) is 4.98 Å². The van der Waals surface area contributed by atoms with Gasteiger partial charge in [-0.1, -0.05) is 35.7 Å². The fraction of sp³-hybridized carbons (Fsp3) is 0.154. The van der Waals surface area contributed by atoms with E-state index in [0.29, 0.717) is 11.8 Å². The minimum absolute atomic E-state index is 0.281. The number of pyridine rings is 1. The number of nitrogens with zero attached hydrogens (tertiary/aromatic N) is 1. The van der Waals surface area contributed by atoms with Gasteiger partial charge in [-0.25, -0.2) is 4.98 Å². The summed E-state index contributed by atoms with van der Waals surface area (Å²) in [7, 11) is 0. The summed E-state index contributed by atoms with van der Waals surface area (Å²) in [5, 5.41) is 1.52. The van der Waals surface area contributed by atoms with E-state index in [1.807, 2.05) is 30.3 Å². The summed E-state index contributed by atoms with van der Waals surface area (Å²) < 4.78 is 5.24. The molecule has 0 spiro atoms. The molecule has 80 valence electrons. The van der Waals surface area contributed by atoms with Crippen LogP contribution in [0.5, 0.6) is 0 Å². The molecule has 0 aliphatic rings. The summed E-state index contributed by atoms with van der Waals surface area (Å²) in [5.41, 5.74) is 1.74. The SMILES string of the molecule is C#CCOCc1cc2ccccc2nc1Cl. The van der Waals surface area contributed by atoms with Gasteiger partial charge in [0.2, 0.25) is 0 Å². The third kappa shape index (κ3) is 2.33. The monoisotopic (exact) mass is 231 g/mol. The van der Waals surface area contributed by atoms with Crippen molar-refractivity contribution in [2.75, 3.05) is 6.61 Å². The smallest absolute Gasteiger partial charge is 0.135 e. The van der Waals surface area contributed by atoms with E-state index in [9.17, 15) is 0 Å². The number of rotatable bonds is 3. The van der Waals surface area contributed by atoms with Gasteiger partial charge in [-0.05, 0) is 12.1 Å². The topological polar surface area (TPSA) is 22.1 Å². The number of aromatic nitrogens is 1. The average molecular weight is 232 g/mol. The minimum atomic E-state index is 0.281. The highest BCUT2D eigenvalue weighted by Crippen LogP contribution is 2.20. The standard InChI is InChI=1S/C13H10ClNO/c1-2-7-16-9-11-8-10-5-3-4-6-12(10)15-13(11)14/h1,3-6,8H,7,9H2. The Kier molecular flexibility index (Phi) is 3.40. The Morgan fingerprint density at radius 2 is 2.19 bits per heavy atom. The maximum absolute atomic E-state index is 6.04. The van der Waals surface area contributed by atoms with E-state index in [1.54, 1.807) is 0 Å². The zero-order chi connectivity index (χ0) is 11.4. The molecular weight excluding hydrogens is 222 g/mol. The highest BCUT2D eigenvalue weighted by Gasteiger charge is 2.04. The lowest BCUT2D eigenvalue weighted by molar-refractivity contribution is 0.153. The quantitative estimate of drug-likeness (QED) is 0.460. The van der Waals surface area contributed by atoms with Crippen LogP contribution in [0, 0.1) is 12.3 Å². The minimum Gasteiger partial charge on any atom is -0.364 e. The fourth-order valence-electron chi connectivity index (χ4n) is 1.46. The molecule has 0 N–H and O–H groups in total. The fourth-order valence-corrected chi connectivity index (χ4v) is 1.66. The van der Waals surface area contributed by atoms with Gasteiger partial charge in [0.05, 0.1) is 12.1 Å². The van der Waals surface area contributed by atoms with Crippen molar-refractivity contribution in [1.29, 1.82) is 0 Å². The van der Waals surface area contributed by atoms with Gasteiger partial charge in [0.1, 0.15) is 11.8 Å². The van der Waals surface area contributed by atoms with Crippen molar-refractivity contribution < 1.29 is 4.74 Å². The molecule has 2 aromatic rings. The van der Waals surface area contributed by atoms with E-state index in [2.05, 4.69) is 10.9 Å². The molecular formula is C13H10ClNO. The number of benzene rings is 1. The molecule has 3 heteroatoms. The molecule has 0 aliphatic heterocycles. The van der Waals surface area contributed by atoms with Crippen LogP contribution in [-0.2, 0) is 11.3 Å². The number of para-hydroxylation sites is 1. The van der Waals surface area contributed by atoms with Crippen LogP contribution in [0.25, 0.3) is 10.9 Å². The zero-order valence-corrected chi connectivity index (χ0v) is 9.37. The van der Waals surface area contributed by atoms with Crippen molar-refractivity contribution in [3.05, 3.63) is 41.0 Å². The Morgan fingerprint density at radius 1 is 1.38 bits per heavy atom. The number of terminal acetylenes is 1. The third-order valence-corrected chi connectivity index (χ3v) is 2.52. The molecule has 1 aromatic carbocycles. The van der Waals surface area contributed by atoms with Crippen LogP contribution in [0.1, 0.15) is 5.56 Å². The van der Waals surface area contributed by atoms with Gasteiger partial charge in [-0.15, -0.1) is 6.42 Å². The Bertz CT molecular complexity index is 545. The first-order valence-corrected chi connectivity index (χ1v) is 5.24. The van der Waals surface area contributed by atoms with Gasteiger partial charge in [0.25, 0.3) is 0 Å². The summed E-state index contributed by atoms with van der Waals surface area (Å²) in [6, 6.07) is 9.78. The van der Waals surface area contributed by atoms with Gasteiger partial charge < -0.3 is 4.74 Å².